The first kappa shape index (κ1) is 13.9. The first-order valence-corrected chi connectivity index (χ1v) is 6.68. The molecule has 2 rings (SSSR count). The van der Waals surface area contributed by atoms with E-state index in [2.05, 4.69) is 10.4 Å². The van der Waals surface area contributed by atoms with Crippen LogP contribution in [0.3, 0.4) is 0 Å². The molecule has 1 aromatic rings. The number of methoxy groups -OCH3 is 1. The molecule has 1 saturated heterocycles. The number of nitrogens with one attached hydrogen (secondary N) is 1. The molecule has 0 saturated carbocycles. The largest absolute Gasteiger partial charge is 0.481 e. The Morgan fingerprint density at radius 1 is 1.42 bits per heavy atom. The van der Waals surface area contributed by atoms with Crippen molar-refractivity contribution in [2.45, 2.75) is 26.3 Å². The Balaban J connectivity index is 1.87. The number of nitrogens with zero attached hydrogens (tertiary/aromatic N) is 3. The molecule has 6 nitrogen and oxygen atoms in total. The lowest BCUT2D eigenvalue weighted by Gasteiger charge is -2.15. The standard InChI is InChI=1S/C13H22N4O2/c1-10-11(13(19-3)16(2)15-10)8-14-9-12(18)17-6-4-5-7-17/h14H,4-9H2,1-3H3. The van der Waals surface area contributed by atoms with Crippen LogP contribution in [-0.2, 0) is 18.4 Å². The van der Waals surface area contributed by atoms with Crippen molar-refractivity contribution in [3.05, 3.63) is 11.3 Å². The van der Waals surface area contributed by atoms with Gasteiger partial charge in [-0.05, 0) is 19.8 Å². The fourth-order valence-electron chi connectivity index (χ4n) is 2.51. The smallest absolute Gasteiger partial charge is 0.236 e. The molecule has 1 amide bonds. The van der Waals surface area contributed by atoms with Crippen molar-refractivity contribution in [3.63, 3.8) is 0 Å². The summed E-state index contributed by atoms with van der Waals surface area (Å²) in [6.07, 6.45) is 2.25. The molecular weight excluding hydrogens is 244 g/mol. The summed E-state index contributed by atoms with van der Waals surface area (Å²) in [6.45, 7) is 4.72. The summed E-state index contributed by atoms with van der Waals surface area (Å²) >= 11 is 0. The van der Waals surface area contributed by atoms with Gasteiger partial charge in [-0.25, -0.2) is 4.68 Å². The van der Waals surface area contributed by atoms with Gasteiger partial charge < -0.3 is 15.0 Å². The molecule has 0 radical (unpaired) electrons. The average molecular weight is 266 g/mol. The molecule has 1 fully saturated rings. The third-order valence-electron chi connectivity index (χ3n) is 3.52. The molecule has 1 aromatic heterocycles. The zero-order valence-corrected chi connectivity index (χ0v) is 11.9. The Bertz CT molecular complexity index is 450. The monoisotopic (exact) mass is 266 g/mol. The maximum atomic E-state index is 11.9. The predicted molar refractivity (Wildman–Crippen MR) is 72.0 cm³/mol. The van der Waals surface area contributed by atoms with Crippen LogP contribution >= 0.6 is 0 Å². The van der Waals surface area contributed by atoms with E-state index in [4.69, 9.17) is 4.74 Å². The number of aromatic nitrogens is 2. The zero-order chi connectivity index (χ0) is 13.8. The van der Waals surface area contributed by atoms with Crippen LogP contribution < -0.4 is 10.1 Å². The summed E-state index contributed by atoms with van der Waals surface area (Å²) in [6, 6.07) is 0. The summed E-state index contributed by atoms with van der Waals surface area (Å²) in [5.41, 5.74) is 1.94. The van der Waals surface area contributed by atoms with Gasteiger partial charge in [0.1, 0.15) is 0 Å². The van der Waals surface area contributed by atoms with Crippen LogP contribution in [0.4, 0.5) is 0 Å². The zero-order valence-electron chi connectivity index (χ0n) is 11.9. The van der Waals surface area contributed by atoms with Crippen LogP contribution in [0.1, 0.15) is 24.1 Å². The lowest BCUT2D eigenvalue weighted by molar-refractivity contribution is -0.129. The fourth-order valence-corrected chi connectivity index (χ4v) is 2.51. The number of ether oxygens (including phenoxy) is 1. The summed E-state index contributed by atoms with van der Waals surface area (Å²) in [5.74, 6) is 0.927. The van der Waals surface area contributed by atoms with Crippen molar-refractivity contribution >= 4 is 5.91 Å². The number of carbonyl (C=O) groups excluding carboxylic acids is 1. The lowest BCUT2D eigenvalue weighted by Crippen LogP contribution is -2.36. The van der Waals surface area contributed by atoms with E-state index in [1.807, 2.05) is 18.9 Å². The second-order valence-electron chi connectivity index (χ2n) is 4.89. The quantitative estimate of drug-likeness (QED) is 0.840. The van der Waals surface area contributed by atoms with E-state index < -0.39 is 0 Å². The van der Waals surface area contributed by atoms with Gasteiger partial charge in [-0.3, -0.25) is 4.79 Å². The average Bonchev–Trinajstić information content (AvgIpc) is 2.98. The summed E-state index contributed by atoms with van der Waals surface area (Å²) in [4.78, 5) is 13.8. The van der Waals surface area contributed by atoms with Crippen molar-refractivity contribution in [2.75, 3.05) is 26.7 Å². The molecule has 106 valence electrons. The first-order valence-electron chi connectivity index (χ1n) is 6.68. The van der Waals surface area contributed by atoms with Gasteiger partial charge in [-0.15, -0.1) is 0 Å². The summed E-state index contributed by atoms with van der Waals surface area (Å²) in [5, 5.41) is 7.50. The predicted octanol–water partition coefficient (Wildman–Crippen LogP) is 0.449. The number of carbonyl (C=O) groups is 1. The highest BCUT2D eigenvalue weighted by Crippen LogP contribution is 2.20. The van der Waals surface area contributed by atoms with Gasteiger partial charge in [0.25, 0.3) is 0 Å². The Morgan fingerprint density at radius 2 is 2.11 bits per heavy atom. The molecule has 0 spiro atoms. The molecule has 2 heterocycles. The van der Waals surface area contributed by atoms with Crippen LogP contribution in [-0.4, -0.2) is 47.3 Å². The van der Waals surface area contributed by atoms with E-state index in [0.717, 1.165) is 43.1 Å². The molecule has 0 aromatic carbocycles. The Labute approximate surface area is 113 Å². The molecule has 0 unspecified atom stereocenters. The molecule has 0 aliphatic carbocycles. The summed E-state index contributed by atoms with van der Waals surface area (Å²) < 4.78 is 7.04. The molecule has 19 heavy (non-hydrogen) atoms. The molecule has 1 N–H and O–H groups in total. The van der Waals surface area contributed by atoms with Crippen LogP contribution in [0.15, 0.2) is 0 Å². The van der Waals surface area contributed by atoms with Crippen LogP contribution in [0.5, 0.6) is 5.88 Å². The number of amides is 1. The first-order chi connectivity index (χ1) is 9.13. The van der Waals surface area contributed by atoms with Gasteiger partial charge in [0, 0.05) is 26.7 Å². The molecular formula is C13H22N4O2. The van der Waals surface area contributed by atoms with Crippen LogP contribution in [0.25, 0.3) is 0 Å². The van der Waals surface area contributed by atoms with Crippen molar-refractivity contribution in [1.82, 2.24) is 20.0 Å². The SMILES string of the molecule is COc1c(CNCC(=O)N2CCCC2)c(C)nn1C. The molecule has 1 aliphatic heterocycles. The van der Waals surface area contributed by atoms with E-state index in [-0.39, 0.29) is 5.91 Å². The van der Waals surface area contributed by atoms with E-state index >= 15 is 0 Å². The maximum absolute atomic E-state index is 11.9. The van der Waals surface area contributed by atoms with Crippen LogP contribution in [0.2, 0.25) is 0 Å². The van der Waals surface area contributed by atoms with E-state index in [9.17, 15) is 4.79 Å². The number of hydrogen-bond donors (Lipinski definition) is 1. The highest BCUT2D eigenvalue weighted by atomic mass is 16.5. The highest BCUT2D eigenvalue weighted by molar-refractivity contribution is 5.78. The van der Waals surface area contributed by atoms with Crippen LogP contribution in [0, 0.1) is 6.92 Å². The maximum Gasteiger partial charge on any atom is 0.236 e. The van der Waals surface area contributed by atoms with Crippen molar-refractivity contribution in [3.8, 4) is 5.88 Å². The van der Waals surface area contributed by atoms with Crippen molar-refractivity contribution in [1.29, 1.82) is 0 Å². The number of aryl methyl sites for hydroxylation is 2. The Hall–Kier alpha value is -1.56. The van der Waals surface area contributed by atoms with Gasteiger partial charge in [0.05, 0.1) is 24.9 Å². The minimum Gasteiger partial charge on any atom is -0.481 e. The topological polar surface area (TPSA) is 59.4 Å². The second-order valence-corrected chi connectivity index (χ2v) is 4.89. The van der Waals surface area contributed by atoms with Gasteiger partial charge in [0.2, 0.25) is 11.8 Å². The van der Waals surface area contributed by atoms with Crippen molar-refractivity contribution < 1.29 is 9.53 Å². The number of likely N-dealkylation sites (tertiary alicyclic amines) is 1. The van der Waals surface area contributed by atoms with Gasteiger partial charge in [0.15, 0.2) is 0 Å². The number of hydrogen-bond acceptors (Lipinski definition) is 4. The van der Waals surface area contributed by atoms with E-state index in [0.29, 0.717) is 13.1 Å². The van der Waals surface area contributed by atoms with Crippen molar-refractivity contribution in [2.24, 2.45) is 7.05 Å². The minimum absolute atomic E-state index is 0.179. The Kier molecular flexibility index (Phi) is 4.42. The molecule has 6 heteroatoms. The van der Waals surface area contributed by atoms with Gasteiger partial charge >= 0.3 is 0 Å². The minimum atomic E-state index is 0.179. The Morgan fingerprint density at radius 3 is 2.74 bits per heavy atom. The number of rotatable bonds is 5. The molecule has 1 aliphatic rings. The van der Waals surface area contributed by atoms with E-state index in [1.165, 1.54) is 0 Å². The van der Waals surface area contributed by atoms with E-state index in [1.54, 1.807) is 11.8 Å². The third kappa shape index (κ3) is 3.07. The second kappa shape index (κ2) is 6.06. The fraction of sp³-hybridized carbons (Fsp3) is 0.692. The third-order valence-corrected chi connectivity index (χ3v) is 3.52. The summed E-state index contributed by atoms with van der Waals surface area (Å²) in [7, 11) is 3.49. The van der Waals surface area contributed by atoms with Gasteiger partial charge in [-0.2, -0.15) is 5.10 Å². The lowest BCUT2D eigenvalue weighted by atomic mass is 10.2. The normalized spacial score (nSPS) is 15.0. The van der Waals surface area contributed by atoms with Gasteiger partial charge in [-0.1, -0.05) is 0 Å². The highest BCUT2D eigenvalue weighted by Gasteiger charge is 2.18. The molecule has 0 bridgehead atoms. The molecule has 0 atom stereocenters.